The largest absolute Gasteiger partial charge is 0.460 e. The van der Waals surface area contributed by atoms with Crippen molar-refractivity contribution in [1.29, 1.82) is 0 Å². The van der Waals surface area contributed by atoms with Crippen molar-refractivity contribution in [2.24, 2.45) is 0 Å². The maximum absolute atomic E-state index is 12.2. The fourth-order valence-electron chi connectivity index (χ4n) is 2.49. The minimum atomic E-state index is -0.352. The van der Waals surface area contributed by atoms with Gasteiger partial charge in [0.25, 0.3) is 0 Å². The molecule has 0 radical (unpaired) electrons. The van der Waals surface area contributed by atoms with Gasteiger partial charge in [0.2, 0.25) is 0 Å². The molecule has 0 amide bonds. The molecule has 0 aromatic heterocycles. The molecule has 4 heteroatoms. The molecule has 1 heterocycles. The summed E-state index contributed by atoms with van der Waals surface area (Å²) in [6.07, 6.45) is 1.25. The molecule has 0 bridgehead atoms. The number of carbonyl (C=O) groups is 2. The SMILES string of the molecule is CC(=O)O[C@H]1CC[C@H](C)O[C@H]1CC(=O)c1ccccc1. The molecule has 1 aliphatic rings. The molecule has 1 aliphatic heterocycles. The molecular formula is C16H20O4. The lowest BCUT2D eigenvalue weighted by Gasteiger charge is -2.34. The number of hydrogen-bond donors (Lipinski definition) is 0. The Morgan fingerprint density at radius 2 is 1.95 bits per heavy atom. The van der Waals surface area contributed by atoms with Crippen LogP contribution in [0.2, 0.25) is 0 Å². The van der Waals surface area contributed by atoms with Gasteiger partial charge in [0, 0.05) is 18.9 Å². The van der Waals surface area contributed by atoms with E-state index in [-0.39, 0.29) is 36.5 Å². The molecule has 4 nitrogen and oxygen atoms in total. The second-order valence-corrected chi connectivity index (χ2v) is 5.20. The van der Waals surface area contributed by atoms with Crippen LogP contribution in [0.25, 0.3) is 0 Å². The Kier molecular flexibility index (Phi) is 4.90. The summed E-state index contributed by atoms with van der Waals surface area (Å²) in [5.74, 6) is -0.313. The number of hydrogen-bond acceptors (Lipinski definition) is 4. The van der Waals surface area contributed by atoms with Gasteiger partial charge in [-0.3, -0.25) is 9.59 Å². The molecule has 0 saturated carbocycles. The van der Waals surface area contributed by atoms with Crippen molar-refractivity contribution in [3.05, 3.63) is 35.9 Å². The van der Waals surface area contributed by atoms with Gasteiger partial charge in [-0.05, 0) is 19.8 Å². The molecule has 1 aromatic rings. The molecule has 108 valence electrons. The maximum Gasteiger partial charge on any atom is 0.302 e. The first-order chi connectivity index (χ1) is 9.56. The van der Waals surface area contributed by atoms with Crippen LogP contribution in [-0.2, 0) is 14.3 Å². The van der Waals surface area contributed by atoms with Crippen molar-refractivity contribution in [3.63, 3.8) is 0 Å². The summed E-state index contributed by atoms with van der Waals surface area (Å²) < 4.78 is 11.1. The number of rotatable bonds is 4. The van der Waals surface area contributed by atoms with Crippen molar-refractivity contribution < 1.29 is 19.1 Å². The lowest BCUT2D eigenvalue weighted by Crippen LogP contribution is -2.41. The Labute approximate surface area is 119 Å². The third-order valence-electron chi connectivity index (χ3n) is 3.48. The second kappa shape index (κ2) is 6.66. The van der Waals surface area contributed by atoms with E-state index in [2.05, 4.69) is 0 Å². The van der Waals surface area contributed by atoms with Gasteiger partial charge in [-0.15, -0.1) is 0 Å². The molecule has 2 rings (SSSR count). The van der Waals surface area contributed by atoms with Gasteiger partial charge in [-0.1, -0.05) is 30.3 Å². The number of ketones is 1. The van der Waals surface area contributed by atoms with Crippen molar-refractivity contribution in [2.75, 3.05) is 0 Å². The molecular weight excluding hydrogens is 256 g/mol. The molecule has 3 atom stereocenters. The Morgan fingerprint density at radius 3 is 2.60 bits per heavy atom. The summed E-state index contributed by atoms with van der Waals surface area (Å²) >= 11 is 0. The topological polar surface area (TPSA) is 52.6 Å². The monoisotopic (exact) mass is 276 g/mol. The van der Waals surface area contributed by atoms with Gasteiger partial charge in [0.05, 0.1) is 6.10 Å². The summed E-state index contributed by atoms with van der Waals surface area (Å²) in [5.41, 5.74) is 0.663. The highest BCUT2D eigenvalue weighted by atomic mass is 16.6. The van der Waals surface area contributed by atoms with Crippen LogP contribution in [0.3, 0.4) is 0 Å². The number of Topliss-reactive ketones (excluding diaryl/α,β-unsaturated/α-hetero) is 1. The highest BCUT2D eigenvalue weighted by molar-refractivity contribution is 5.96. The fraction of sp³-hybridized carbons (Fsp3) is 0.500. The van der Waals surface area contributed by atoms with Crippen LogP contribution < -0.4 is 0 Å². The zero-order valence-electron chi connectivity index (χ0n) is 11.9. The zero-order chi connectivity index (χ0) is 14.5. The summed E-state index contributed by atoms with van der Waals surface area (Å²) in [4.78, 5) is 23.4. The lowest BCUT2D eigenvalue weighted by atomic mass is 9.95. The molecule has 0 aliphatic carbocycles. The van der Waals surface area contributed by atoms with Gasteiger partial charge in [-0.25, -0.2) is 0 Å². The predicted octanol–water partition coefficient (Wildman–Crippen LogP) is 2.76. The van der Waals surface area contributed by atoms with Gasteiger partial charge in [0.1, 0.15) is 12.2 Å². The summed E-state index contributed by atoms with van der Waals surface area (Å²) in [5, 5.41) is 0. The van der Waals surface area contributed by atoms with E-state index < -0.39 is 0 Å². The standard InChI is InChI=1S/C16H20O4/c1-11-8-9-15(20-12(2)17)16(19-11)10-14(18)13-6-4-3-5-7-13/h3-7,11,15-16H,8-10H2,1-2H3/t11-,15-,16-/m0/s1. The van der Waals surface area contributed by atoms with Crippen LogP contribution in [0.1, 0.15) is 43.5 Å². The van der Waals surface area contributed by atoms with Crippen LogP contribution >= 0.6 is 0 Å². The van der Waals surface area contributed by atoms with E-state index in [0.717, 1.165) is 12.8 Å². The molecule has 1 saturated heterocycles. The average molecular weight is 276 g/mol. The van der Waals surface area contributed by atoms with Crippen molar-refractivity contribution in [3.8, 4) is 0 Å². The van der Waals surface area contributed by atoms with Gasteiger partial charge in [-0.2, -0.15) is 0 Å². The highest BCUT2D eigenvalue weighted by Gasteiger charge is 2.33. The van der Waals surface area contributed by atoms with Crippen molar-refractivity contribution in [2.45, 2.75) is 51.4 Å². The third kappa shape index (κ3) is 3.90. The van der Waals surface area contributed by atoms with E-state index in [1.807, 2.05) is 25.1 Å². The van der Waals surface area contributed by atoms with Gasteiger partial charge < -0.3 is 9.47 Å². The highest BCUT2D eigenvalue weighted by Crippen LogP contribution is 2.25. The molecule has 0 unspecified atom stereocenters. The molecule has 0 spiro atoms. The normalized spacial score (nSPS) is 26.0. The van der Waals surface area contributed by atoms with E-state index >= 15 is 0 Å². The maximum atomic E-state index is 12.2. The first-order valence-corrected chi connectivity index (χ1v) is 6.97. The minimum Gasteiger partial charge on any atom is -0.460 e. The number of ether oxygens (including phenoxy) is 2. The quantitative estimate of drug-likeness (QED) is 0.627. The Balaban J connectivity index is 2.03. The fourth-order valence-corrected chi connectivity index (χ4v) is 2.49. The minimum absolute atomic E-state index is 0.0156. The van der Waals surface area contributed by atoms with E-state index in [9.17, 15) is 9.59 Å². The molecule has 20 heavy (non-hydrogen) atoms. The average Bonchev–Trinajstić information content (AvgIpc) is 2.42. The van der Waals surface area contributed by atoms with Gasteiger partial charge in [0.15, 0.2) is 5.78 Å². The van der Waals surface area contributed by atoms with Gasteiger partial charge >= 0.3 is 5.97 Å². The van der Waals surface area contributed by atoms with Crippen molar-refractivity contribution in [1.82, 2.24) is 0 Å². The van der Waals surface area contributed by atoms with Crippen molar-refractivity contribution >= 4 is 11.8 Å². The van der Waals surface area contributed by atoms with E-state index in [1.54, 1.807) is 12.1 Å². The van der Waals surface area contributed by atoms with Crippen LogP contribution in [0.15, 0.2) is 30.3 Å². The van der Waals surface area contributed by atoms with E-state index in [4.69, 9.17) is 9.47 Å². The first kappa shape index (κ1) is 14.7. The smallest absolute Gasteiger partial charge is 0.302 e. The zero-order valence-corrected chi connectivity index (χ0v) is 11.9. The Hall–Kier alpha value is -1.68. The first-order valence-electron chi connectivity index (χ1n) is 6.97. The predicted molar refractivity (Wildman–Crippen MR) is 74.5 cm³/mol. The summed E-state index contributed by atoms with van der Waals surface area (Å²) in [6.45, 7) is 3.36. The van der Waals surface area contributed by atoms with Crippen LogP contribution in [0, 0.1) is 0 Å². The lowest BCUT2D eigenvalue weighted by molar-refractivity contribution is -0.167. The summed E-state index contributed by atoms with van der Waals surface area (Å²) in [6, 6.07) is 9.12. The summed E-state index contributed by atoms with van der Waals surface area (Å²) in [7, 11) is 0. The van der Waals surface area contributed by atoms with E-state index in [0.29, 0.717) is 5.56 Å². The molecule has 1 fully saturated rings. The Bertz CT molecular complexity index is 469. The molecule has 0 N–H and O–H groups in total. The number of benzene rings is 1. The molecule has 1 aromatic carbocycles. The van der Waals surface area contributed by atoms with Crippen LogP contribution in [-0.4, -0.2) is 30.1 Å². The second-order valence-electron chi connectivity index (χ2n) is 5.20. The number of carbonyl (C=O) groups excluding carboxylic acids is 2. The third-order valence-corrected chi connectivity index (χ3v) is 3.48. The van der Waals surface area contributed by atoms with E-state index in [1.165, 1.54) is 6.92 Å². The van der Waals surface area contributed by atoms with Crippen LogP contribution in [0.4, 0.5) is 0 Å². The Morgan fingerprint density at radius 1 is 1.25 bits per heavy atom. The van der Waals surface area contributed by atoms with Crippen LogP contribution in [0.5, 0.6) is 0 Å². The number of esters is 1.